The standard InChI is InChI=1S/C21H27N7O14P2/c22-17-12-19(25-7-24-17)28(8-26-12)21-16(32)14(30)11(41-21)6-39-44(36,37)42-43(34,35)38-5-10-13(29)15(31)20(40-10)27-3-1-2-9(4-27)18(23)33/h1-4,7-8,10-11,13-16,20-21,29-32H,5-6H2,(H5-,22,23,24,25,33,34,35,36,37)/t10?,11?,13?,14?,15?,16?,20-,21?/m1/s1. The van der Waals surface area contributed by atoms with Gasteiger partial charge < -0.3 is 55.7 Å². The first-order valence-electron chi connectivity index (χ1n) is 12.6. The van der Waals surface area contributed by atoms with Crippen molar-refractivity contribution in [2.45, 2.75) is 49.1 Å². The van der Waals surface area contributed by atoms with Crippen LogP contribution in [0.15, 0.2) is 37.2 Å². The van der Waals surface area contributed by atoms with E-state index in [0.717, 1.165) is 6.33 Å². The van der Waals surface area contributed by atoms with Gasteiger partial charge in [0.25, 0.3) is 20.0 Å². The second-order valence-electron chi connectivity index (χ2n) is 9.67. The molecule has 9 N–H and O–H groups in total. The van der Waals surface area contributed by atoms with Crippen LogP contribution < -0.4 is 20.9 Å². The van der Waals surface area contributed by atoms with E-state index >= 15 is 0 Å². The number of fused-ring (bicyclic) bond motifs is 1. The van der Waals surface area contributed by atoms with Crippen LogP contribution in [0.1, 0.15) is 22.8 Å². The molecule has 0 aliphatic carbocycles. The third-order valence-electron chi connectivity index (χ3n) is 6.74. The number of carbonyl (C=O) groups is 1. The summed E-state index contributed by atoms with van der Waals surface area (Å²) in [5.41, 5.74) is 11.4. The van der Waals surface area contributed by atoms with E-state index in [1.807, 2.05) is 0 Å². The predicted molar refractivity (Wildman–Crippen MR) is 137 cm³/mol. The lowest BCUT2D eigenvalue weighted by molar-refractivity contribution is -0.765. The molecule has 23 heteroatoms. The minimum Gasteiger partial charge on any atom is -0.756 e. The van der Waals surface area contributed by atoms with E-state index in [1.165, 1.54) is 40.0 Å². The van der Waals surface area contributed by atoms with Gasteiger partial charge in [-0.1, -0.05) is 0 Å². The van der Waals surface area contributed by atoms with Crippen molar-refractivity contribution in [1.29, 1.82) is 0 Å². The van der Waals surface area contributed by atoms with E-state index in [4.69, 9.17) is 20.9 Å². The van der Waals surface area contributed by atoms with Crippen molar-refractivity contribution in [3.05, 3.63) is 42.7 Å². The molecular weight excluding hydrogens is 636 g/mol. The number of aromatic nitrogens is 5. The van der Waals surface area contributed by atoms with Crippen LogP contribution in [-0.4, -0.2) is 101 Å². The molecule has 21 nitrogen and oxygen atoms in total. The fourth-order valence-electron chi connectivity index (χ4n) is 4.57. The lowest BCUT2D eigenvalue weighted by atomic mass is 10.1. The highest BCUT2D eigenvalue weighted by Gasteiger charge is 2.49. The van der Waals surface area contributed by atoms with E-state index in [2.05, 4.69) is 28.3 Å². The van der Waals surface area contributed by atoms with Gasteiger partial charge >= 0.3 is 7.82 Å². The number of pyridine rings is 1. The van der Waals surface area contributed by atoms with Gasteiger partial charge in [-0.05, 0) is 6.07 Å². The van der Waals surface area contributed by atoms with Gasteiger partial charge in [-0.25, -0.2) is 23.8 Å². The molecule has 0 bridgehead atoms. The van der Waals surface area contributed by atoms with Gasteiger partial charge in [0.15, 0.2) is 36.2 Å². The normalized spacial score (nSPS) is 31.6. The molecule has 1 amide bonds. The number of phosphoric ester groups is 2. The number of primary amides is 1. The third-order valence-corrected chi connectivity index (χ3v) is 9.30. The molecule has 2 saturated heterocycles. The second kappa shape index (κ2) is 12.4. The first-order chi connectivity index (χ1) is 20.7. The van der Waals surface area contributed by atoms with Crippen molar-refractivity contribution in [1.82, 2.24) is 19.5 Å². The number of imidazole rings is 1. The number of nitrogen functional groups attached to an aromatic ring is 1. The average molecular weight is 663 g/mol. The Morgan fingerprint density at radius 1 is 1.05 bits per heavy atom. The highest BCUT2D eigenvalue weighted by atomic mass is 31.3. The first kappa shape index (κ1) is 32.4. The zero-order chi connectivity index (χ0) is 32.0. The Balaban J connectivity index is 1.16. The van der Waals surface area contributed by atoms with Crippen LogP contribution >= 0.6 is 15.6 Å². The molecule has 3 aromatic rings. The molecule has 2 aliphatic heterocycles. The molecule has 2 fully saturated rings. The topological polar surface area (TPSA) is 321 Å². The van der Waals surface area contributed by atoms with Crippen molar-refractivity contribution < 1.29 is 71.5 Å². The summed E-state index contributed by atoms with van der Waals surface area (Å²) >= 11 is 0. The summed E-state index contributed by atoms with van der Waals surface area (Å²) in [5, 5.41) is 41.6. The van der Waals surface area contributed by atoms with Crippen LogP contribution in [0, 0.1) is 0 Å². The number of ether oxygens (including phenoxy) is 2. The van der Waals surface area contributed by atoms with Crippen LogP contribution in [-0.2, 0) is 32.0 Å². The molecule has 5 heterocycles. The SMILES string of the molecule is NC(=O)c1ccc[n+]([C@@H]2OC(COP(=O)([O-])OP(=O)(O)OCC3OC(n4cnc5c(N)ncnc54)C(O)C3O)C(O)C2O)c1. The van der Waals surface area contributed by atoms with Crippen LogP contribution in [0.4, 0.5) is 5.82 Å². The lowest BCUT2D eigenvalue weighted by Crippen LogP contribution is -2.46. The smallest absolute Gasteiger partial charge is 0.478 e. The monoisotopic (exact) mass is 663 g/mol. The minimum atomic E-state index is -5.62. The number of amides is 1. The number of aliphatic hydroxyl groups excluding tert-OH is 4. The van der Waals surface area contributed by atoms with Crippen LogP contribution in [0.3, 0.4) is 0 Å². The molecule has 10 atom stereocenters. The number of rotatable bonds is 11. The highest BCUT2D eigenvalue weighted by molar-refractivity contribution is 7.60. The number of nitrogens with two attached hydrogens (primary N) is 2. The lowest BCUT2D eigenvalue weighted by Gasteiger charge is -2.26. The molecule has 0 spiro atoms. The summed E-state index contributed by atoms with van der Waals surface area (Å²) in [7, 11) is -11.0. The third kappa shape index (κ3) is 6.65. The zero-order valence-electron chi connectivity index (χ0n) is 22.2. The van der Waals surface area contributed by atoms with E-state index in [1.54, 1.807) is 0 Å². The average Bonchev–Trinajstić information content (AvgIpc) is 3.61. The van der Waals surface area contributed by atoms with Gasteiger partial charge in [0.1, 0.15) is 47.9 Å². The van der Waals surface area contributed by atoms with Gasteiger partial charge in [-0.3, -0.25) is 18.5 Å². The van der Waals surface area contributed by atoms with Crippen molar-refractivity contribution >= 4 is 38.5 Å². The number of anilines is 1. The quantitative estimate of drug-likeness (QED) is 0.0768. The number of phosphoric acid groups is 2. The summed E-state index contributed by atoms with van der Waals surface area (Å²) < 4.78 is 51.5. The Morgan fingerprint density at radius 2 is 1.73 bits per heavy atom. The number of nitrogens with zero attached hydrogens (tertiary/aromatic N) is 5. The maximum Gasteiger partial charge on any atom is 0.478 e. The maximum absolute atomic E-state index is 12.4. The van der Waals surface area contributed by atoms with Crippen LogP contribution in [0.2, 0.25) is 0 Å². The molecule has 0 saturated carbocycles. The van der Waals surface area contributed by atoms with E-state index in [-0.39, 0.29) is 22.5 Å². The summed E-state index contributed by atoms with van der Waals surface area (Å²) in [6, 6.07) is 2.82. The molecule has 2 aliphatic rings. The van der Waals surface area contributed by atoms with Gasteiger partial charge in [0.2, 0.25) is 0 Å². The number of carbonyl (C=O) groups excluding carboxylic acids is 1. The molecule has 44 heavy (non-hydrogen) atoms. The summed E-state index contributed by atoms with van der Waals surface area (Å²) in [6.07, 6.45) is -7.05. The number of aliphatic hydroxyl groups is 4. The number of hydrogen-bond donors (Lipinski definition) is 7. The Hall–Kier alpha value is -3.01. The van der Waals surface area contributed by atoms with Crippen molar-refractivity contribution in [2.24, 2.45) is 5.73 Å². The molecule has 9 unspecified atom stereocenters. The summed E-state index contributed by atoms with van der Waals surface area (Å²) in [5.74, 6) is -0.729. The van der Waals surface area contributed by atoms with Gasteiger partial charge in [-0.2, -0.15) is 4.57 Å². The zero-order valence-corrected chi connectivity index (χ0v) is 24.0. The molecule has 3 aromatic heterocycles. The van der Waals surface area contributed by atoms with Gasteiger partial charge in [-0.15, -0.1) is 0 Å². The van der Waals surface area contributed by atoms with Gasteiger partial charge in [0, 0.05) is 6.07 Å². The summed E-state index contributed by atoms with van der Waals surface area (Å²) in [6.45, 7) is -1.89. The first-order valence-corrected chi connectivity index (χ1v) is 15.5. The van der Waals surface area contributed by atoms with E-state index < -0.39 is 83.8 Å². The predicted octanol–water partition coefficient (Wildman–Crippen LogP) is -3.65. The van der Waals surface area contributed by atoms with Crippen molar-refractivity contribution in [3.63, 3.8) is 0 Å². The molecule has 0 radical (unpaired) electrons. The van der Waals surface area contributed by atoms with Crippen LogP contribution in [0.5, 0.6) is 0 Å². The summed E-state index contributed by atoms with van der Waals surface area (Å²) in [4.78, 5) is 45.5. The fourth-order valence-corrected chi connectivity index (χ4v) is 6.62. The Morgan fingerprint density at radius 3 is 2.45 bits per heavy atom. The van der Waals surface area contributed by atoms with Crippen molar-refractivity contribution in [2.75, 3.05) is 18.9 Å². The minimum absolute atomic E-state index is 0.0446. The largest absolute Gasteiger partial charge is 0.756 e. The second-order valence-corrected chi connectivity index (χ2v) is 12.7. The number of hydrogen-bond acceptors (Lipinski definition) is 17. The molecular formula is C21H27N7O14P2. The molecule has 0 aromatic carbocycles. The maximum atomic E-state index is 12.4. The Kier molecular flexibility index (Phi) is 9.13. The van der Waals surface area contributed by atoms with E-state index in [9.17, 15) is 44.1 Å². The van der Waals surface area contributed by atoms with Crippen LogP contribution in [0.25, 0.3) is 11.2 Å². The van der Waals surface area contributed by atoms with Crippen molar-refractivity contribution in [3.8, 4) is 0 Å². The Labute approximate surface area is 246 Å². The Bertz CT molecular complexity index is 1630. The highest BCUT2D eigenvalue weighted by Crippen LogP contribution is 2.58. The molecule has 5 rings (SSSR count). The van der Waals surface area contributed by atoms with Gasteiger partial charge in [0.05, 0.1) is 19.5 Å². The molecule has 240 valence electrons. The fraction of sp³-hybridized carbons (Fsp3) is 0.476. The van der Waals surface area contributed by atoms with E-state index in [0.29, 0.717) is 0 Å².